The summed E-state index contributed by atoms with van der Waals surface area (Å²) < 4.78 is 12.7. The number of fused-ring (bicyclic) bond motifs is 1. The second-order valence-electron chi connectivity index (χ2n) is 6.04. The quantitative estimate of drug-likeness (QED) is 0.371. The maximum Gasteiger partial charge on any atom is 0.260 e. The van der Waals surface area contributed by atoms with Gasteiger partial charge in [-0.05, 0) is 42.8 Å². The number of methoxy groups -OCH3 is 1. The first-order chi connectivity index (χ1) is 13.6. The molecule has 7 heteroatoms. The summed E-state index contributed by atoms with van der Waals surface area (Å²) in [7, 11) is 1.57. The van der Waals surface area contributed by atoms with Crippen molar-refractivity contribution in [2.45, 2.75) is 13.5 Å². The second kappa shape index (κ2) is 8.85. The minimum atomic E-state index is -0.236. The molecule has 2 aromatic carbocycles. The van der Waals surface area contributed by atoms with Crippen molar-refractivity contribution < 1.29 is 14.3 Å². The number of nitrogens with one attached hydrogen (secondary N) is 1. The molecule has 0 aliphatic heterocycles. The fraction of sp³-hybridized carbons (Fsp3) is 0.190. The maximum atomic E-state index is 12.3. The van der Waals surface area contributed by atoms with Crippen LogP contribution in [0.15, 0.2) is 60.2 Å². The van der Waals surface area contributed by atoms with E-state index in [-0.39, 0.29) is 12.5 Å². The molecule has 0 bridgehead atoms. The van der Waals surface area contributed by atoms with Gasteiger partial charge in [-0.15, -0.1) is 0 Å². The summed E-state index contributed by atoms with van der Waals surface area (Å²) in [5.41, 5.74) is 5.09. The number of hydrazone groups is 1. The number of hydrogen-bond donors (Lipinski definition) is 1. The van der Waals surface area contributed by atoms with Crippen molar-refractivity contribution in [2.24, 2.45) is 5.10 Å². The molecule has 1 N–H and O–H groups in total. The van der Waals surface area contributed by atoms with Crippen LogP contribution in [0.5, 0.6) is 11.5 Å². The molecular formula is C21H22N4O3. The van der Waals surface area contributed by atoms with E-state index in [0.29, 0.717) is 18.1 Å². The van der Waals surface area contributed by atoms with Crippen molar-refractivity contribution in [1.29, 1.82) is 0 Å². The van der Waals surface area contributed by atoms with E-state index in [1.165, 1.54) is 0 Å². The zero-order chi connectivity index (χ0) is 19.9. The van der Waals surface area contributed by atoms with Crippen molar-refractivity contribution in [1.82, 2.24) is 15.0 Å². The Morgan fingerprint density at radius 2 is 2.11 bits per heavy atom. The van der Waals surface area contributed by atoms with Gasteiger partial charge in [-0.3, -0.25) is 4.79 Å². The van der Waals surface area contributed by atoms with E-state index in [1.54, 1.807) is 31.5 Å². The topological polar surface area (TPSA) is 77.7 Å². The minimum absolute atomic E-state index is 0.140. The van der Waals surface area contributed by atoms with Crippen molar-refractivity contribution in [3.8, 4) is 11.5 Å². The standard InChI is InChI=1S/C21H22N4O3/c1-4-11-28-19-10-9-16(12-20(19)27-3)13-22-24-21(26)14-25-15(2)23-17-7-5-6-8-18(17)25/h4-10,12-13H,1,11,14H2,2-3H3,(H,24,26)/b22-13-. The first-order valence-electron chi connectivity index (χ1n) is 8.78. The summed E-state index contributed by atoms with van der Waals surface area (Å²) in [5, 5.41) is 4.03. The fourth-order valence-corrected chi connectivity index (χ4v) is 2.79. The van der Waals surface area contributed by atoms with Gasteiger partial charge >= 0.3 is 0 Å². The van der Waals surface area contributed by atoms with Crippen molar-refractivity contribution in [3.05, 3.63) is 66.5 Å². The van der Waals surface area contributed by atoms with Crippen LogP contribution >= 0.6 is 0 Å². The van der Waals surface area contributed by atoms with E-state index >= 15 is 0 Å². The molecule has 1 heterocycles. The highest BCUT2D eigenvalue weighted by Gasteiger charge is 2.10. The molecule has 0 atom stereocenters. The Hall–Kier alpha value is -3.61. The number of aryl methyl sites for hydroxylation is 1. The van der Waals surface area contributed by atoms with Gasteiger partial charge in [0.1, 0.15) is 19.0 Å². The predicted molar refractivity (Wildman–Crippen MR) is 109 cm³/mol. The van der Waals surface area contributed by atoms with E-state index in [0.717, 1.165) is 22.4 Å². The lowest BCUT2D eigenvalue weighted by molar-refractivity contribution is -0.121. The number of carbonyl (C=O) groups excluding carboxylic acids is 1. The first kappa shape index (κ1) is 19.2. The van der Waals surface area contributed by atoms with Crippen molar-refractivity contribution in [2.75, 3.05) is 13.7 Å². The zero-order valence-corrected chi connectivity index (χ0v) is 15.9. The fourth-order valence-electron chi connectivity index (χ4n) is 2.79. The molecule has 0 aliphatic carbocycles. The number of nitrogens with zero attached hydrogens (tertiary/aromatic N) is 3. The summed E-state index contributed by atoms with van der Waals surface area (Å²) in [4.78, 5) is 16.7. The van der Waals surface area contributed by atoms with Crippen LogP contribution in [0.1, 0.15) is 11.4 Å². The number of imidazole rings is 1. The Morgan fingerprint density at radius 1 is 1.29 bits per heavy atom. The van der Waals surface area contributed by atoms with E-state index in [4.69, 9.17) is 9.47 Å². The Kier molecular flexibility index (Phi) is 6.06. The number of aromatic nitrogens is 2. The summed E-state index contributed by atoms with van der Waals surface area (Å²) >= 11 is 0. The molecule has 3 rings (SSSR count). The SMILES string of the molecule is C=CCOc1ccc(/C=N\NC(=O)Cn2c(C)nc3ccccc32)cc1OC. The molecule has 1 aromatic heterocycles. The highest BCUT2D eigenvalue weighted by atomic mass is 16.5. The predicted octanol–water partition coefficient (Wildman–Crippen LogP) is 3.07. The number of para-hydroxylation sites is 2. The second-order valence-corrected chi connectivity index (χ2v) is 6.04. The third-order valence-electron chi connectivity index (χ3n) is 4.09. The van der Waals surface area contributed by atoms with E-state index in [2.05, 4.69) is 22.1 Å². The van der Waals surface area contributed by atoms with E-state index in [9.17, 15) is 4.79 Å². The van der Waals surface area contributed by atoms with Gasteiger partial charge in [0.25, 0.3) is 5.91 Å². The molecular weight excluding hydrogens is 356 g/mol. The molecule has 0 radical (unpaired) electrons. The molecule has 28 heavy (non-hydrogen) atoms. The third kappa shape index (κ3) is 4.37. The lowest BCUT2D eigenvalue weighted by Gasteiger charge is -2.09. The normalized spacial score (nSPS) is 10.9. The molecule has 1 amide bonds. The molecule has 0 aliphatic rings. The molecule has 0 unspecified atom stereocenters. The Morgan fingerprint density at radius 3 is 2.89 bits per heavy atom. The number of amides is 1. The van der Waals surface area contributed by atoms with Crippen LogP contribution in [0.4, 0.5) is 0 Å². The third-order valence-corrected chi connectivity index (χ3v) is 4.09. The van der Waals surface area contributed by atoms with Crippen LogP contribution in [0.3, 0.4) is 0 Å². The van der Waals surface area contributed by atoms with Crippen molar-refractivity contribution >= 4 is 23.2 Å². The van der Waals surface area contributed by atoms with Gasteiger partial charge in [0.15, 0.2) is 11.5 Å². The van der Waals surface area contributed by atoms with E-state index in [1.807, 2.05) is 41.8 Å². The average Bonchev–Trinajstić information content (AvgIpc) is 3.02. The number of rotatable bonds is 8. The van der Waals surface area contributed by atoms with Gasteiger partial charge in [0, 0.05) is 0 Å². The lowest BCUT2D eigenvalue weighted by Crippen LogP contribution is -2.23. The van der Waals surface area contributed by atoms with Gasteiger partial charge in [-0.1, -0.05) is 24.8 Å². The Bertz CT molecular complexity index is 1020. The summed E-state index contributed by atoms with van der Waals surface area (Å²) in [6, 6.07) is 13.1. The molecule has 144 valence electrons. The van der Waals surface area contributed by atoms with Gasteiger partial charge in [-0.2, -0.15) is 5.10 Å². The van der Waals surface area contributed by atoms with Gasteiger partial charge in [0.2, 0.25) is 0 Å². The van der Waals surface area contributed by atoms with Gasteiger partial charge in [0.05, 0.1) is 24.4 Å². The van der Waals surface area contributed by atoms with Crippen LogP contribution in [-0.4, -0.2) is 35.4 Å². The summed E-state index contributed by atoms with van der Waals surface area (Å²) in [6.07, 6.45) is 3.21. The minimum Gasteiger partial charge on any atom is -0.493 e. The molecule has 3 aromatic rings. The highest BCUT2D eigenvalue weighted by molar-refractivity contribution is 5.84. The molecule has 0 spiro atoms. The van der Waals surface area contributed by atoms with Crippen LogP contribution < -0.4 is 14.9 Å². The van der Waals surface area contributed by atoms with Gasteiger partial charge in [-0.25, -0.2) is 10.4 Å². The highest BCUT2D eigenvalue weighted by Crippen LogP contribution is 2.27. The van der Waals surface area contributed by atoms with Crippen LogP contribution in [-0.2, 0) is 11.3 Å². The van der Waals surface area contributed by atoms with Crippen LogP contribution in [0.25, 0.3) is 11.0 Å². The smallest absolute Gasteiger partial charge is 0.260 e. The van der Waals surface area contributed by atoms with E-state index < -0.39 is 0 Å². The largest absolute Gasteiger partial charge is 0.493 e. The molecule has 0 fully saturated rings. The number of hydrogen-bond acceptors (Lipinski definition) is 5. The molecule has 0 saturated heterocycles. The number of benzene rings is 2. The molecule has 7 nitrogen and oxygen atoms in total. The van der Waals surface area contributed by atoms with Crippen molar-refractivity contribution in [3.63, 3.8) is 0 Å². The Labute approximate surface area is 163 Å². The zero-order valence-electron chi connectivity index (χ0n) is 15.9. The van der Waals surface area contributed by atoms with Crippen LogP contribution in [0.2, 0.25) is 0 Å². The maximum absolute atomic E-state index is 12.3. The number of ether oxygens (including phenoxy) is 2. The summed E-state index contributed by atoms with van der Waals surface area (Å²) in [6.45, 7) is 6.03. The lowest BCUT2D eigenvalue weighted by atomic mass is 10.2. The average molecular weight is 378 g/mol. The monoisotopic (exact) mass is 378 g/mol. The van der Waals surface area contributed by atoms with Crippen LogP contribution in [0, 0.1) is 6.92 Å². The molecule has 0 saturated carbocycles. The number of carbonyl (C=O) groups is 1. The first-order valence-corrected chi connectivity index (χ1v) is 8.78. The summed E-state index contributed by atoms with van der Waals surface area (Å²) in [5.74, 6) is 1.74. The van der Waals surface area contributed by atoms with Gasteiger partial charge < -0.3 is 14.0 Å². The Balaban J connectivity index is 1.64.